The maximum Gasteiger partial charge on any atom is 0.170 e. The van der Waals surface area contributed by atoms with Gasteiger partial charge in [-0.05, 0) is 54.9 Å². The van der Waals surface area contributed by atoms with Gasteiger partial charge in [-0.1, -0.05) is 43.2 Å². The van der Waals surface area contributed by atoms with Gasteiger partial charge >= 0.3 is 0 Å². The van der Waals surface area contributed by atoms with E-state index in [-0.39, 0.29) is 0 Å². The van der Waals surface area contributed by atoms with Crippen molar-refractivity contribution < 1.29 is 0 Å². The van der Waals surface area contributed by atoms with Gasteiger partial charge in [0.05, 0.1) is 0 Å². The highest BCUT2D eigenvalue weighted by Gasteiger charge is 2.15. The molecule has 0 heterocycles. The summed E-state index contributed by atoms with van der Waals surface area (Å²) in [5.74, 6) is 0.981. The monoisotopic (exact) mass is 342 g/mol. The number of thioether (sulfide) groups is 1. The third-order valence-electron chi connectivity index (χ3n) is 4.05. The van der Waals surface area contributed by atoms with Gasteiger partial charge in [0.15, 0.2) is 5.11 Å². The predicted molar refractivity (Wildman–Crippen MR) is 104 cm³/mol. The third-order valence-corrected chi connectivity index (χ3v) is 5.35. The summed E-state index contributed by atoms with van der Waals surface area (Å²) in [5.41, 5.74) is 2.37. The first-order chi connectivity index (χ1) is 11.3. The van der Waals surface area contributed by atoms with Gasteiger partial charge in [0, 0.05) is 22.4 Å². The van der Waals surface area contributed by atoms with Crippen LogP contribution in [0.25, 0.3) is 0 Å². The van der Waals surface area contributed by atoms with Crippen molar-refractivity contribution in [3.8, 4) is 0 Å². The van der Waals surface area contributed by atoms with Crippen LogP contribution in [0.1, 0.15) is 31.2 Å². The van der Waals surface area contributed by atoms with Crippen LogP contribution in [-0.4, -0.2) is 11.2 Å². The molecule has 120 valence electrons. The number of thiocarbonyl (C=S) groups is 1. The van der Waals surface area contributed by atoms with E-state index in [1.807, 2.05) is 17.8 Å². The van der Waals surface area contributed by atoms with E-state index in [4.69, 9.17) is 12.2 Å². The van der Waals surface area contributed by atoms with Gasteiger partial charge in [-0.15, -0.1) is 11.8 Å². The fourth-order valence-electron chi connectivity index (χ4n) is 2.79. The maximum absolute atomic E-state index is 5.39. The number of hydrogen-bond acceptors (Lipinski definition) is 2. The highest BCUT2D eigenvalue weighted by Crippen LogP contribution is 2.23. The van der Waals surface area contributed by atoms with E-state index in [0.29, 0.717) is 6.04 Å². The van der Waals surface area contributed by atoms with Crippen LogP contribution in [0.3, 0.4) is 0 Å². The highest BCUT2D eigenvalue weighted by molar-refractivity contribution is 7.98. The Morgan fingerprint density at radius 2 is 1.70 bits per heavy atom. The van der Waals surface area contributed by atoms with Crippen LogP contribution >= 0.6 is 24.0 Å². The summed E-state index contributed by atoms with van der Waals surface area (Å²) < 4.78 is 0. The van der Waals surface area contributed by atoms with Crippen LogP contribution in [0.2, 0.25) is 0 Å². The number of benzene rings is 2. The first kappa shape index (κ1) is 16.3. The molecule has 0 aromatic heterocycles. The average molecular weight is 343 g/mol. The summed E-state index contributed by atoms with van der Waals surface area (Å²) in [4.78, 5) is 1.30. The second-order valence-electron chi connectivity index (χ2n) is 5.88. The summed E-state index contributed by atoms with van der Waals surface area (Å²) in [7, 11) is 0. The van der Waals surface area contributed by atoms with Gasteiger partial charge in [0.2, 0.25) is 0 Å². The van der Waals surface area contributed by atoms with E-state index < -0.39 is 0 Å². The molecule has 1 aliphatic carbocycles. The molecule has 1 saturated carbocycles. The molecule has 2 nitrogen and oxygen atoms in total. The van der Waals surface area contributed by atoms with E-state index in [9.17, 15) is 0 Å². The molecule has 0 aliphatic heterocycles. The summed E-state index contributed by atoms with van der Waals surface area (Å²) in [6.45, 7) is 0. The summed E-state index contributed by atoms with van der Waals surface area (Å²) >= 11 is 7.25. The van der Waals surface area contributed by atoms with Gasteiger partial charge in [0.1, 0.15) is 0 Å². The summed E-state index contributed by atoms with van der Waals surface area (Å²) in [6, 6.07) is 19.6. The van der Waals surface area contributed by atoms with Gasteiger partial charge in [-0.3, -0.25) is 0 Å². The van der Waals surface area contributed by atoms with E-state index in [2.05, 4.69) is 59.2 Å². The second-order valence-corrected chi connectivity index (χ2v) is 7.34. The first-order valence-corrected chi connectivity index (χ1v) is 9.53. The summed E-state index contributed by atoms with van der Waals surface area (Å²) in [6.07, 6.45) is 5.09. The van der Waals surface area contributed by atoms with E-state index >= 15 is 0 Å². The van der Waals surface area contributed by atoms with E-state index in [1.165, 1.54) is 36.1 Å². The van der Waals surface area contributed by atoms with Crippen LogP contribution in [0.15, 0.2) is 59.5 Å². The lowest BCUT2D eigenvalue weighted by Gasteiger charge is -2.15. The minimum absolute atomic E-state index is 0.552. The Morgan fingerprint density at radius 1 is 1.00 bits per heavy atom. The Morgan fingerprint density at radius 3 is 2.39 bits per heavy atom. The number of anilines is 1. The smallest absolute Gasteiger partial charge is 0.170 e. The maximum atomic E-state index is 5.39. The van der Waals surface area contributed by atoms with Gasteiger partial charge < -0.3 is 10.6 Å². The number of hydrogen-bond donors (Lipinski definition) is 2. The number of nitrogens with one attached hydrogen (secondary N) is 2. The zero-order valence-electron chi connectivity index (χ0n) is 13.1. The quantitative estimate of drug-likeness (QED) is 0.575. The molecule has 2 aromatic carbocycles. The van der Waals surface area contributed by atoms with Crippen molar-refractivity contribution in [2.75, 3.05) is 5.32 Å². The van der Waals surface area contributed by atoms with Crippen molar-refractivity contribution in [2.45, 2.75) is 42.4 Å². The standard InChI is InChI=1S/C19H22N2S2/c22-19(20-16-6-4-5-7-16)21-17-12-10-15(11-13-17)14-23-18-8-2-1-3-9-18/h1-3,8-13,16H,4-7,14H2,(H2,20,21,22). The second kappa shape index (κ2) is 8.37. The minimum Gasteiger partial charge on any atom is -0.360 e. The molecule has 4 heteroatoms. The molecule has 1 fully saturated rings. The van der Waals surface area contributed by atoms with Gasteiger partial charge in [-0.25, -0.2) is 0 Å². The zero-order valence-corrected chi connectivity index (χ0v) is 14.8. The molecule has 0 spiro atoms. The molecule has 0 atom stereocenters. The van der Waals surface area contributed by atoms with Gasteiger partial charge in [-0.2, -0.15) is 0 Å². The molecule has 3 rings (SSSR count). The molecule has 0 amide bonds. The Labute approximate surface area is 148 Å². The molecular formula is C19H22N2S2. The van der Waals surface area contributed by atoms with Crippen LogP contribution in [-0.2, 0) is 5.75 Å². The molecule has 2 N–H and O–H groups in total. The molecule has 0 saturated heterocycles. The molecule has 0 bridgehead atoms. The molecule has 1 aliphatic rings. The molecule has 0 radical (unpaired) electrons. The lowest BCUT2D eigenvalue weighted by molar-refractivity contribution is 0.634. The number of rotatable bonds is 5. The molecular weight excluding hydrogens is 320 g/mol. The molecule has 0 unspecified atom stereocenters. The van der Waals surface area contributed by atoms with Gasteiger partial charge in [0.25, 0.3) is 0 Å². The van der Waals surface area contributed by atoms with E-state index in [1.54, 1.807) is 0 Å². The zero-order chi connectivity index (χ0) is 15.9. The fourth-order valence-corrected chi connectivity index (χ4v) is 3.95. The van der Waals surface area contributed by atoms with Crippen molar-refractivity contribution in [1.82, 2.24) is 5.32 Å². The van der Waals surface area contributed by atoms with E-state index in [0.717, 1.165) is 16.6 Å². The minimum atomic E-state index is 0.552. The highest BCUT2D eigenvalue weighted by atomic mass is 32.2. The lowest BCUT2D eigenvalue weighted by atomic mass is 10.2. The van der Waals surface area contributed by atoms with Crippen molar-refractivity contribution >= 4 is 34.8 Å². The van der Waals surface area contributed by atoms with Crippen LogP contribution < -0.4 is 10.6 Å². The fraction of sp³-hybridized carbons (Fsp3) is 0.316. The lowest BCUT2D eigenvalue weighted by Crippen LogP contribution is -2.35. The summed E-state index contributed by atoms with van der Waals surface area (Å²) in [5, 5.41) is 7.43. The predicted octanol–water partition coefficient (Wildman–Crippen LogP) is 5.21. The average Bonchev–Trinajstić information content (AvgIpc) is 3.08. The Hall–Kier alpha value is -1.52. The Balaban J connectivity index is 1.47. The van der Waals surface area contributed by atoms with Crippen molar-refractivity contribution in [1.29, 1.82) is 0 Å². The normalized spacial score (nSPS) is 14.6. The van der Waals surface area contributed by atoms with Crippen molar-refractivity contribution in [3.05, 3.63) is 60.2 Å². The van der Waals surface area contributed by atoms with Crippen molar-refractivity contribution in [3.63, 3.8) is 0 Å². The largest absolute Gasteiger partial charge is 0.360 e. The first-order valence-electron chi connectivity index (χ1n) is 8.14. The van der Waals surface area contributed by atoms with Crippen LogP contribution in [0.4, 0.5) is 5.69 Å². The van der Waals surface area contributed by atoms with Crippen molar-refractivity contribution in [2.24, 2.45) is 0 Å². The third kappa shape index (κ3) is 5.26. The van der Waals surface area contributed by atoms with Crippen LogP contribution in [0.5, 0.6) is 0 Å². The Kier molecular flexibility index (Phi) is 5.94. The molecule has 23 heavy (non-hydrogen) atoms. The van der Waals surface area contributed by atoms with Crippen LogP contribution in [0, 0.1) is 0 Å². The Bertz CT molecular complexity index is 620. The SMILES string of the molecule is S=C(Nc1ccc(CSc2ccccc2)cc1)NC1CCCC1. The topological polar surface area (TPSA) is 24.1 Å². The molecule has 2 aromatic rings.